The van der Waals surface area contributed by atoms with Crippen LogP contribution in [0.2, 0.25) is 5.02 Å². The van der Waals surface area contributed by atoms with E-state index >= 15 is 4.39 Å². The van der Waals surface area contributed by atoms with Gasteiger partial charge in [0.25, 0.3) is 0 Å². The molecular formula is C32H33ClF5N7O2. The Morgan fingerprint density at radius 2 is 2.09 bits per heavy atom. The molecule has 2 aromatic heterocycles. The standard InChI is InChI=1S/C32H33ClF5N7O2/c1-15-7-20(39)41-26(23(15)32(36,37)38)21-24(33)28-22-27(25(21)35)42-30(47-14-31-5-2-6-44(31)11-16(8-31)9-34)43-29(22)45-12-18-4-3-17(10-40-18)19(45)13-46-28/h7,9,17-19,40H,2-6,8,10-14H2,1H3,(H2,39,41)/b16-9-/t17-,18-,19-,31+/m1/s1. The zero-order valence-electron chi connectivity index (χ0n) is 25.6. The summed E-state index contributed by atoms with van der Waals surface area (Å²) in [6.07, 6.45) is -0.181. The predicted octanol–water partition coefficient (Wildman–Crippen LogP) is 5.81. The third-order valence-electron chi connectivity index (χ3n) is 10.6. The zero-order chi connectivity index (χ0) is 32.8. The van der Waals surface area contributed by atoms with E-state index in [0.717, 1.165) is 44.8 Å². The SMILES string of the molecule is Cc1cc(N)nc(-c2c(Cl)c3c4c(nc(OC[C@@]56CCCN5C/C(=C\F)C6)nc4c2F)N2C[C@H]4CC[C@H](CN4)[C@H]2CO3)c1C(F)(F)F. The molecule has 0 unspecified atom stereocenters. The van der Waals surface area contributed by atoms with Gasteiger partial charge in [-0.05, 0) is 68.7 Å². The fourth-order valence-corrected chi connectivity index (χ4v) is 8.75. The van der Waals surface area contributed by atoms with Crippen molar-refractivity contribution in [2.24, 2.45) is 5.92 Å². The molecule has 3 N–H and O–H groups in total. The number of piperidine rings is 1. The van der Waals surface area contributed by atoms with Crippen LogP contribution in [0.5, 0.6) is 11.8 Å². The summed E-state index contributed by atoms with van der Waals surface area (Å²) in [6, 6.07) is 0.919. The first-order valence-corrected chi connectivity index (χ1v) is 16.2. The Kier molecular flexibility index (Phi) is 7.23. The fourth-order valence-electron chi connectivity index (χ4n) is 8.43. The highest BCUT2D eigenvalue weighted by molar-refractivity contribution is 6.36. The summed E-state index contributed by atoms with van der Waals surface area (Å²) in [5.41, 5.74) is 3.07. The zero-order valence-corrected chi connectivity index (χ0v) is 26.3. The molecular weight excluding hydrogens is 645 g/mol. The second kappa shape index (κ2) is 11.0. The van der Waals surface area contributed by atoms with E-state index in [1.165, 1.54) is 6.92 Å². The van der Waals surface area contributed by atoms with Gasteiger partial charge in [-0.25, -0.2) is 13.8 Å². The van der Waals surface area contributed by atoms with E-state index in [4.69, 9.17) is 31.8 Å². The van der Waals surface area contributed by atoms with Gasteiger partial charge in [-0.2, -0.15) is 23.1 Å². The highest BCUT2D eigenvalue weighted by Gasteiger charge is 2.48. The Balaban J connectivity index is 1.34. The summed E-state index contributed by atoms with van der Waals surface area (Å²) in [5.74, 6) is -0.838. The summed E-state index contributed by atoms with van der Waals surface area (Å²) in [4.78, 5) is 17.5. The van der Waals surface area contributed by atoms with Crippen molar-refractivity contribution in [3.63, 3.8) is 0 Å². The quantitative estimate of drug-likeness (QED) is 0.331. The van der Waals surface area contributed by atoms with Crippen LogP contribution in [0.3, 0.4) is 0 Å². The summed E-state index contributed by atoms with van der Waals surface area (Å²) in [7, 11) is 0. The molecule has 15 heteroatoms. The molecule has 47 heavy (non-hydrogen) atoms. The number of hydrogen-bond donors (Lipinski definition) is 2. The maximum Gasteiger partial charge on any atom is 0.418 e. The Hall–Kier alpha value is -3.49. The summed E-state index contributed by atoms with van der Waals surface area (Å²) >= 11 is 6.84. The van der Waals surface area contributed by atoms with Crippen LogP contribution >= 0.6 is 11.6 Å². The van der Waals surface area contributed by atoms with E-state index in [9.17, 15) is 17.6 Å². The number of nitrogen functional groups attached to an aromatic ring is 1. The third-order valence-corrected chi connectivity index (χ3v) is 11.0. The molecule has 6 aliphatic rings. The number of hydrogen-bond acceptors (Lipinski definition) is 9. The van der Waals surface area contributed by atoms with Gasteiger partial charge in [-0.15, -0.1) is 0 Å². The van der Waals surface area contributed by atoms with Crippen molar-refractivity contribution in [1.82, 2.24) is 25.2 Å². The van der Waals surface area contributed by atoms with Crippen molar-refractivity contribution in [3.8, 4) is 23.0 Å². The minimum atomic E-state index is -4.89. The number of benzene rings is 1. The molecule has 4 atom stereocenters. The molecule has 9 nitrogen and oxygen atoms in total. The monoisotopic (exact) mass is 677 g/mol. The second-order valence-electron chi connectivity index (χ2n) is 13.4. The number of rotatable bonds is 4. The van der Waals surface area contributed by atoms with Crippen molar-refractivity contribution >= 4 is 34.1 Å². The molecule has 3 aromatic rings. The van der Waals surface area contributed by atoms with E-state index < -0.39 is 34.4 Å². The molecule has 0 spiro atoms. The molecule has 0 amide bonds. The minimum Gasteiger partial charge on any atom is -0.489 e. The molecule has 250 valence electrons. The highest BCUT2D eigenvalue weighted by Crippen LogP contribution is 2.51. The van der Waals surface area contributed by atoms with Crippen LogP contribution in [0.15, 0.2) is 18.0 Å². The van der Waals surface area contributed by atoms with Crippen molar-refractivity contribution < 1.29 is 31.4 Å². The molecule has 6 aliphatic heterocycles. The van der Waals surface area contributed by atoms with Gasteiger partial charge in [0, 0.05) is 25.7 Å². The van der Waals surface area contributed by atoms with Crippen LogP contribution in [0, 0.1) is 18.7 Å². The molecule has 5 saturated heterocycles. The molecule has 2 bridgehead atoms. The maximum absolute atomic E-state index is 17.0. The largest absolute Gasteiger partial charge is 0.489 e. The Morgan fingerprint density at radius 1 is 1.26 bits per heavy atom. The third kappa shape index (κ3) is 4.88. The van der Waals surface area contributed by atoms with E-state index in [1.54, 1.807) is 0 Å². The Morgan fingerprint density at radius 3 is 2.83 bits per heavy atom. The number of alkyl halides is 3. The summed E-state index contributed by atoms with van der Waals surface area (Å²) < 4.78 is 86.5. The lowest BCUT2D eigenvalue weighted by molar-refractivity contribution is -0.137. The van der Waals surface area contributed by atoms with Crippen molar-refractivity contribution in [2.75, 3.05) is 50.0 Å². The van der Waals surface area contributed by atoms with Crippen molar-refractivity contribution in [2.45, 2.75) is 62.8 Å². The number of fused-ring (bicyclic) bond motifs is 3. The van der Waals surface area contributed by atoms with Crippen LogP contribution in [0.4, 0.5) is 33.6 Å². The van der Waals surface area contributed by atoms with Gasteiger partial charge in [0.15, 0.2) is 11.6 Å². The van der Waals surface area contributed by atoms with Gasteiger partial charge < -0.3 is 25.4 Å². The molecule has 9 rings (SSSR count). The summed E-state index contributed by atoms with van der Waals surface area (Å²) in [6.45, 7) is 4.11. The number of ether oxygens (including phenoxy) is 2. The number of aromatic nitrogens is 3. The average molecular weight is 678 g/mol. The normalized spacial score (nSPS) is 27.9. The van der Waals surface area contributed by atoms with Gasteiger partial charge in [0.05, 0.1) is 45.1 Å². The number of nitrogens with one attached hydrogen (secondary N) is 1. The predicted molar refractivity (Wildman–Crippen MR) is 166 cm³/mol. The average Bonchev–Trinajstić information content (AvgIpc) is 3.38. The molecule has 0 saturated carbocycles. The number of anilines is 2. The summed E-state index contributed by atoms with van der Waals surface area (Å²) in [5, 5.41) is 3.36. The maximum atomic E-state index is 17.0. The molecule has 5 fully saturated rings. The number of halogens is 6. The van der Waals surface area contributed by atoms with Crippen LogP contribution in [-0.2, 0) is 6.18 Å². The topological polar surface area (TPSA) is 102 Å². The van der Waals surface area contributed by atoms with Gasteiger partial charge in [0.1, 0.15) is 30.4 Å². The number of nitrogens with two attached hydrogens (primary N) is 1. The van der Waals surface area contributed by atoms with E-state index in [0.29, 0.717) is 37.2 Å². The lowest BCUT2D eigenvalue weighted by Crippen LogP contribution is -2.44. The number of pyridine rings is 1. The fraction of sp³-hybridized carbons (Fsp3) is 0.531. The van der Waals surface area contributed by atoms with Gasteiger partial charge in [0.2, 0.25) is 0 Å². The lowest BCUT2D eigenvalue weighted by atomic mass is 9.91. The molecule has 8 heterocycles. The first-order valence-electron chi connectivity index (χ1n) is 15.8. The first-order chi connectivity index (χ1) is 22.5. The van der Waals surface area contributed by atoms with Gasteiger partial charge in [-0.3, -0.25) is 4.90 Å². The molecule has 0 radical (unpaired) electrons. The molecule has 0 aliphatic carbocycles. The van der Waals surface area contributed by atoms with Crippen LogP contribution < -0.4 is 25.4 Å². The van der Waals surface area contributed by atoms with Crippen LogP contribution in [-0.4, -0.2) is 76.9 Å². The van der Waals surface area contributed by atoms with Crippen molar-refractivity contribution in [1.29, 1.82) is 0 Å². The van der Waals surface area contributed by atoms with Crippen LogP contribution in [0.1, 0.15) is 43.2 Å². The van der Waals surface area contributed by atoms with Crippen LogP contribution in [0.25, 0.3) is 22.2 Å². The van der Waals surface area contributed by atoms with E-state index in [-0.39, 0.29) is 70.3 Å². The van der Waals surface area contributed by atoms with Gasteiger partial charge >= 0.3 is 12.2 Å². The van der Waals surface area contributed by atoms with E-state index in [1.807, 2.05) is 0 Å². The smallest absolute Gasteiger partial charge is 0.418 e. The van der Waals surface area contributed by atoms with E-state index in [2.05, 4.69) is 25.1 Å². The molecule has 1 aromatic carbocycles. The lowest BCUT2D eigenvalue weighted by Gasteiger charge is -2.33. The second-order valence-corrected chi connectivity index (χ2v) is 13.8. The first kappa shape index (κ1) is 30.8. The van der Waals surface area contributed by atoms with Gasteiger partial charge in [-0.1, -0.05) is 11.6 Å². The highest BCUT2D eigenvalue weighted by atomic mass is 35.5. The number of nitrogens with zero attached hydrogens (tertiary/aromatic N) is 5. The number of aryl methyl sites for hydroxylation is 1. The van der Waals surface area contributed by atoms with Crippen molar-refractivity contribution in [3.05, 3.63) is 39.9 Å². The Labute approximate surface area is 272 Å². The minimum absolute atomic E-state index is 0.0133. The Bertz CT molecular complexity index is 1820.